The SMILES string of the molecule is CSc1ccc(Br)cc1CNO. The smallest absolute Gasteiger partial charge is 0.0469 e. The summed E-state index contributed by atoms with van der Waals surface area (Å²) in [4.78, 5) is 1.18. The maximum Gasteiger partial charge on any atom is 0.0469 e. The second-order valence-corrected chi connectivity index (χ2v) is 4.05. The van der Waals surface area contributed by atoms with Gasteiger partial charge in [-0.3, -0.25) is 0 Å². The molecule has 0 aliphatic heterocycles. The van der Waals surface area contributed by atoms with Crippen LogP contribution in [0.3, 0.4) is 0 Å². The third-order valence-electron chi connectivity index (χ3n) is 1.51. The molecule has 2 N–H and O–H groups in total. The van der Waals surface area contributed by atoms with Crippen LogP contribution >= 0.6 is 27.7 Å². The number of thioether (sulfide) groups is 1. The minimum atomic E-state index is 0.482. The van der Waals surface area contributed by atoms with Crippen LogP contribution in [-0.2, 0) is 6.54 Å². The van der Waals surface area contributed by atoms with Crippen molar-refractivity contribution in [1.82, 2.24) is 5.48 Å². The summed E-state index contributed by atoms with van der Waals surface area (Å²) in [6.45, 7) is 0.482. The highest BCUT2D eigenvalue weighted by atomic mass is 79.9. The topological polar surface area (TPSA) is 32.3 Å². The first-order valence-electron chi connectivity index (χ1n) is 3.47. The summed E-state index contributed by atoms with van der Waals surface area (Å²) >= 11 is 5.05. The van der Waals surface area contributed by atoms with Crippen molar-refractivity contribution in [3.63, 3.8) is 0 Å². The van der Waals surface area contributed by atoms with Gasteiger partial charge in [0.25, 0.3) is 0 Å². The van der Waals surface area contributed by atoms with Crippen LogP contribution in [0.25, 0.3) is 0 Å². The first-order valence-corrected chi connectivity index (χ1v) is 5.49. The number of nitrogens with one attached hydrogen (secondary N) is 1. The van der Waals surface area contributed by atoms with E-state index in [9.17, 15) is 0 Å². The molecule has 66 valence electrons. The van der Waals surface area contributed by atoms with E-state index in [1.807, 2.05) is 24.5 Å². The Hall–Kier alpha value is -0.0300. The number of hydrogen-bond donors (Lipinski definition) is 2. The number of benzene rings is 1. The zero-order chi connectivity index (χ0) is 8.97. The average Bonchev–Trinajstić information content (AvgIpc) is 2.05. The Kier molecular flexibility index (Phi) is 4.08. The third kappa shape index (κ3) is 2.48. The van der Waals surface area contributed by atoms with Gasteiger partial charge in [-0.05, 0) is 30.0 Å². The highest BCUT2D eigenvalue weighted by Crippen LogP contribution is 2.23. The summed E-state index contributed by atoms with van der Waals surface area (Å²) < 4.78 is 1.03. The van der Waals surface area contributed by atoms with Crippen molar-refractivity contribution >= 4 is 27.7 Å². The lowest BCUT2D eigenvalue weighted by Gasteiger charge is -2.05. The Morgan fingerprint density at radius 3 is 2.92 bits per heavy atom. The lowest BCUT2D eigenvalue weighted by atomic mass is 10.2. The Morgan fingerprint density at radius 2 is 2.33 bits per heavy atom. The molecular formula is C8H10BrNOS. The van der Waals surface area contributed by atoms with Crippen molar-refractivity contribution in [2.24, 2.45) is 0 Å². The van der Waals surface area contributed by atoms with E-state index < -0.39 is 0 Å². The van der Waals surface area contributed by atoms with Crippen molar-refractivity contribution in [2.45, 2.75) is 11.4 Å². The predicted molar refractivity (Wildman–Crippen MR) is 54.5 cm³/mol. The quantitative estimate of drug-likeness (QED) is 0.637. The molecule has 0 saturated heterocycles. The van der Waals surface area contributed by atoms with Crippen molar-refractivity contribution in [1.29, 1.82) is 0 Å². The van der Waals surface area contributed by atoms with Crippen molar-refractivity contribution in [3.05, 3.63) is 28.2 Å². The Bertz CT molecular complexity index is 267. The monoisotopic (exact) mass is 247 g/mol. The van der Waals surface area contributed by atoms with Gasteiger partial charge in [-0.1, -0.05) is 15.9 Å². The Morgan fingerprint density at radius 1 is 1.58 bits per heavy atom. The van der Waals surface area contributed by atoms with Crippen molar-refractivity contribution < 1.29 is 5.21 Å². The Labute approximate surface area is 84.5 Å². The van der Waals surface area contributed by atoms with Gasteiger partial charge < -0.3 is 5.21 Å². The molecule has 0 aliphatic carbocycles. The van der Waals surface area contributed by atoms with E-state index in [0.29, 0.717) is 6.54 Å². The molecule has 0 fully saturated rings. The van der Waals surface area contributed by atoms with E-state index in [0.717, 1.165) is 10.0 Å². The van der Waals surface area contributed by atoms with E-state index in [1.165, 1.54) is 4.90 Å². The summed E-state index contributed by atoms with van der Waals surface area (Å²) in [5.41, 5.74) is 3.25. The van der Waals surface area contributed by atoms with Gasteiger partial charge in [0.1, 0.15) is 0 Å². The third-order valence-corrected chi connectivity index (χ3v) is 2.84. The largest absolute Gasteiger partial charge is 0.316 e. The van der Waals surface area contributed by atoms with Gasteiger partial charge in [-0.15, -0.1) is 11.8 Å². The maximum absolute atomic E-state index is 8.56. The molecule has 12 heavy (non-hydrogen) atoms. The van der Waals surface area contributed by atoms with Crippen LogP contribution in [-0.4, -0.2) is 11.5 Å². The molecule has 0 radical (unpaired) electrons. The molecule has 1 aromatic carbocycles. The highest BCUT2D eigenvalue weighted by Gasteiger charge is 2.00. The van der Waals surface area contributed by atoms with Gasteiger partial charge in [0, 0.05) is 15.9 Å². The second-order valence-electron chi connectivity index (χ2n) is 2.29. The number of hydrogen-bond acceptors (Lipinski definition) is 3. The standard InChI is InChI=1S/C8H10BrNOS/c1-12-8-3-2-7(9)4-6(8)5-10-11/h2-4,10-11H,5H2,1H3. The van der Waals surface area contributed by atoms with E-state index in [-0.39, 0.29) is 0 Å². The lowest BCUT2D eigenvalue weighted by molar-refractivity contribution is 0.160. The van der Waals surface area contributed by atoms with E-state index in [2.05, 4.69) is 21.4 Å². The van der Waals surface area contributed by atoms with Crippen LogP contribution in [0.15, 0.2) is 27.6 Å². The molecule has 0 saturated carbocycles. The van der Waals surface area contributed by atoms with Crippen LogP contribution in [0.5, 0.6) is 0 Å². The van der Waals surface area contributed by atoms with Gasteiger partial charge in [0.05, 0.1) is 0 Å². The van der Waals surface area contributed by atoms with E-state index >= 15 is 0 Å². The fourth-order valence-electron chi connectivity index (χ4n) is 0.970. The minimum absolute atomic E-state index is 0.482. The maximum atomic E-state index is 8.56. The molecule has 0 atom stereocenters. The first kappa shape index (κ1) is 10.1. The number of hydroxylamine groups is 1. The van der Waals surface area contributed by atoms with Crippen molar-refractivity contribution in [2.75, 3.05) is 6.26 Å². The highest BCUT2D eigenvalue weighted by molar-refractivity contribution is 9.10. The van der Waals surface area contributed by atoms with Crippen LogP contribution < -0.4 is 5.48 Å². The Balaban J connectivity index is 2.95. The van der Waals surface area contributed by atoms with Crippen LogP contribution in [0.2, 0.25) is 0 Å². The first-order chi connectivity index (χ1) is 5.77. The average molecular weight is 248 g/mol. The molecular weight excluding hydrogens is 238 g/mol. The predicted octanol–water partition coefficient (Wildman–Crippen LogP) is 2.65. The molecule has 4 heteroatoms. The zero-order valence-electron chi connectivity index (χ0n) is 6.67. The summed E-state index contributed by atoms with van der Waals surface area (Å²) in [6, 6.07) is 6.02. The van der Waals surface area contributed by atoms with Crippen LogP contribution in [0, 0.1) is 0 Å². The number of halogens is 1. The van der Waals surface area contributed by atoms with Crippen LogP contribution in [0.1, 0.15) is 5.56 Å². The summed E-state index contributed by atoms with van der Waals surface area (Å²) in [5, 5.41) is 8.56. The molecule has 1 rings (SSSR count). The fourth-order valence-corrected chi connectivity index (χ4v) is 1.98. The second kappa shape index (κ2) is 4.87. The lowest BCUT2D eigenvalue weighted by Crippen LogP contribution is -2.06. The minimum Gasteiger partial charge on any atom is -0.316 e. The number of rotatable bonds is 3. The molecule has 0 heterocycles. The van der Waals surface area contributed by atoms with Gasteiger partial charge >= 0.3 is 0 Å². The summed E-state index contributed by atoms with van der Waals surface area (Å²) in [6.07, 6.45) is 2.02. The summed E-state index contributed by atoms with van der Waals surface area (Å²) in [7, 11) is 0. The molecule has 2 nitrogen and oxygen atoms in total. The molecule has 0 aliphatic rings. The van der Waals surface area contributed by atoms with Gasteiger partial charge in [0.15, 0.2) is 0 Å². The normalized spacial score (nSPS) is 10.2. The molecule has 1 aromatic rings. The van der Waals surface area contributed by atoms with Gasteiger partial charge in [0.2, 0.25) is 0 Å². The van der Waals surface area contributed by atoms with Crippen molar-refractivity contribution in [3.8, 4) is 0 Å². The molecule has 0 bridgehead atoms. The molecule has 0 aromatic heterocycles. The van der Waals surface area contributed by atoms with E-state index in [4.69, 9.17) is 5.21 Å². The van der Waals surface area contributed by atoms with E-state index in [1.54, 1.807) is 11.8 Å². The zero-order valence-corrected chi connectivity index (χ0v) is 9.08. The van der Waals surface area contributed by atoms with Gasteiger partial charge in [-0.25, -0.2) is 5.48 Å². The molecule has 0 spiro atoms. The summed E-state index contributed by atoms with van der Waals surface area (Å²) in [5.74, 6) is 0. The van der Waals surface area contributed by atoms with Crippen LogP contribution in [0.4, 0.5) is 0 Å². The fraction of sp³-hybridized carbons (Fsp3) is 0.250. The van der Waals surface area contributed by atoms with Gasteiger partial charge in [-0.2, -0.15) is 0 Å². The molecule has 0 unspecified atom stereocenters. The molecule has 0 amide bonds.